The molecule has 8 heteroatoms. The molecule has 4 aromatic heterocycles. The summed E-state index contributed by atoms with van der Waals surface area (Å²) in [4.78, 5) is 29.4. The first kappa shape index (κ1) is 41.3. The van der Waals surface area contributed by atoms with Crippen LogP contribution < -0.4 is 19.6 Å². The second-order valence-corrected chi connectivity index (χ2v) is 16.0. The molecule has 0 radical (unpaired) electrons. The third kappa shape index (κ3) is 7.93. The molecule has 0 amide bonds. The molecule has 0 atom stereocenters. The van der Waals surface area contributed by atoms with Crippen LogP contribution in [0.3, 0.4) is 0 Å². The lowest BCUT2D eigenvalue weighted by Crippen LogP contribution is -2.21. The van der Waals surface area contributed by atoms with Crippen LogP contribution in [-0.2, 0) is 0 Å². The van der Waals surface area contributed by atoms with E-state index in [0.29, 0.717) is 0 Å². The molecule has 0 bridgehead atoms. The van der Waals surface area contributed by atoms with Crippen molar-refractivity contribution in [1.29, 1.82) is 0 Å². The van der Waals surface area contributed by atoms with Gasteiger partial charge >= 0.3 is 0 Å². The van der Waals surface area contributed by atoms with E-state index in [-0.39, 0.29) is 0 Å². The zero-order valence-electron chi connectivity index (χ0n) is 37.1. The number of hydrogen-bond donors (Lipinski definition) is 0. The van der Waals surface area contributed by atoms with Crippen molar-refractivity contribution in [3.05, 3.63) is 228 Å². The third-order valence-electron chi connectivity index (χ3n) is 11.6. The molecular formula is C56H50N8. The van der Waals surface area contributed by atoms with Gasteiger partial charge in [0.2, 0.25) is 0 Å². The molecule has 0 aliphatic heterocycles. The highest BCUT2D eigenvalue weighted by Gasteiger charge is 2.28. The van der Waals surface area contributed by atoms with E-state index >= 15 is 0 Å². The summed E-state index contributed by atoms with van der Waals surface area (Å²) in [5.41, 5.74) is 14.3. The highest BCUT2D eigenvalue weighted by atomic mass is 15.3. The third-order valence-corrected chi connectivity index (χ3v) is 11.6. The molecular weight excluding hydrogens is 785 g/mol. The molecule has 314 valence electrons. The van der Waals surface area contributed by atoms with Gasteiger partial charge in [0.1, 0.15) is 23.3 Å². The predicted octanol–water partition coefficient (Wildman–Crippen LogP) is 15.0. The molecule has 0 aliphatic rings. The van der Waals surface area contributed by atoms with E-state index in [1.807, 2.05) is 49.1 Å². The molecule has 5 aromatic carbocycles. The van der Waals surface area contributed by atoms with Gasteiger partial charge in [-0.15, -0.1) is 0 Å². The van der Waals surface area contributed by atoms with Crippen LogP contribution >= 0.6 is 0 Å². The summed E-state index contributed by atoms with van der Waals surface area (Å²) in [6.07, 6.45) is 7.56. The SMILES string of the molecule is Cc1cnccc1N(c1ccccc1)c1ccnc(N(c2ccccc2)c2nc(N(c3ccccc3)c3ccnc(N(c4ccccc4)c4ccccc4C)c3C)c(C)cc2C)c1C. The Morgan fingerprint density at radius 2 is 0.703 bits per heavy atom. The van der Waals surface area contributed by atoms with E-state index in [1.54, 1.807) is 0 Å². The standard InChI is InChI=1S/C56H50N8/c1-39-21-19-20-30-49(39)62(46-24-13-8-14-25-46)55-44(6)52(33-36-58-55)63(47-26-15-9-16-27-47)53-40(2)37-41(3)54(60-53)64(48-28-17-10-18-29-48)56-43(5)51(32-35-59-56)61(45-22-11-7-12-23-45)50-31-34-57-38-42(50)4/h7-38H,1-6H3. The first-order valence-electron chi connectivity index (χ1n) is 21.6. The van der Waals surface area contributed by atoms with Crippen LogP contribution in [-0.4, -0.2) is 19.9 Å². The van der Waals surface area contributed by atoms with Crippen LogP contribution in [0.15, 0.2) is 195 Å². The maximum atomic E-state index is 5.73. The molecule has 0 aliphatic carbocycles. The summed E-state index contributed by atoms with van der Waals surface area (Å²) in [5.74, 6) is 3.16. The van der Waals surface area contributed by atoms with Crippen LogP contribution in [0.2, 0.25) is 0 Å². The number of benzene rings is 5. The maximum Gasteiger partial charge on any atom is 0.144 e. The Kier molecular flexibility index (Phi) is 11.7. The second-order valence-electron chi connectivity index (χ2n) is 16.0. The molecule has 0 saturated carbocycles. The first-order chi connectivity index (χ1) is 31.3. The maximum absolute atomic E-state index is 5.73. The van der Waals surface area contributed by atoms with Gasteiger partial charge in [0, 0.05) is 58.7 Å². The smallest absolute Gasteiger partial charge is 0.144 e. The quantitative estimate of drug-likeness (QED) is 0.121. The number of aromatic nitrogens is 4. The van der Waals surface area contributed by atoms with E-state index in [1.165, 1.54) is 0 Å². The minimum absolute atomic E-state index is 0.768. The average Bonchev–Trinajstić information content (AvgIpc) is 3.32. The van der Waals surface area contributed by atoms with Gasteiger partial charge in [-0.05, 0) is 143 Å². The molecule has 4 heterocycles. The average molecular weight is 835 g/mol. The van der Waals surface area contributed by atoms with Crippen LogP contribution in [0.25, 0.3) is 0 Å². The Bertz CT molecular complexity index is 2830. The number of hydrogen-bond acceptors (Lipinski definition) is 8. The van der Waals surface area contributed by atoms with E-state index in [9.17, 15) is 0 Å². The van der Waals surface area contributed by atoms with Crippen LogP contribution in [0.5, 0.6) is 0 Å². The molecule has 8 nitrogen and oxygen atoms in total. The molecule has 0 saturated heterocycles. The lowest BCUT2D eigenvalue weighted by molar-refractivity contribution is 1.05. The van der Waals surface area contributed by atoms with E-state index in [0.717, 1.165) is 102 Å². The molecule has 0 fully saturated rings. The Morgan fingerprint density at radius 3 is 1.22 bits per heavy atom. The van der Waals surface area contributed by atoms with Gasteiger partial charge < -0.3 is 4.90 Å². The van der Waals surface area contributed by atoms with E-state index < -0.39 is 0 Å². The van der Waals surface area contributed by atoms with Gasteiger partial charge in [-0.2, -0.15) is 0 Å². The predicted molar refractivity (Wildman–Crippen MR) is 265 cm³/mol. The van der Waals surface area contributed by atoms with Crippen molar-refractivity contribution in [3.63, 3.8) is 0 Å². The minimum Gasteiger partial charge on any atom is -0.310 e. The number of rotatable bonds is 12. The Labute approximate surface area is 376 Å². The van der Waals surface area contributed by atoms with Crippen molar-refractivity contribution >= 4 is 68.8 Å². The Balaban J connectivity index is 1.25. The first-order valence-corrected chi connectivity index (χ1v) is 21.6. The molecule has 9 rings (SSSR count). The summed E-state index contributed by atoms with van der Waals surface area (Å²) >= 11 is 0. The van der Waals surface area contributed by atoms with Crippen molar-refractivity contribution in [2.24, 2.45) is 0 Å². The summed E-state index contributed by atoms with van der Waals surface area (Å²) in [6.45, 7) is 12.8. The summed E-state index contributed by atoms with van der Waals surface area (Å²) in [7, 11) is 0. The molecule has 0 spiro atoms. The normalized spacial score (nSPS) is 11.0. The highest BCUT2D eigenvalue weighted by molar-refractivity contribution is 5.88. The minimum atomic E-state index is 0.768. The van der Waals surface area contributed by atoms with Crippen LogP contribution in [0, 0.1) is 41.5 Å². The van der Waals surface area contributed by atoms with Gasteiger partial charge in [0.05, 0.1) is 22.7 Å². The van der Waals surface area contributed by atoms with Gasteiger partial charge in [0.25, 0.3) is 0 Å². The largest absolute Gasteiger partial charge is 0.310 e. The number of nitrogens with zero attached hydrogens (tertiary/aromatic N) is 8. The second kappa shape index (κ2) is 18.1. The van der Waals surface area contributed by atoms with Crippen LogP contribution in [0.1, 0.15) is 33.4 Å². The highest BCUT2D eigenvalue weighted by Crippen LogP contribution is 2.47. The number of para-hydroxylation sites is 5. The number of aryl methyl sites for hydroxylation is 4. The molecule has 0 N–H and O–H groups in total. The zero-order valence-corrected chi connectivity index (χ0v) is 37.1. The lowest BCUT2D eigenvalue weighted by atomic mass is 10.1. The fraction of sp³-hybridized carbons (Fsp3) is 0.107. The Hall–Kier alpha value is -8.10. The van der Waals surface area contributed by atoms with E-state index in [4.69, 9.17) is 15.0 Å². The van der Waals surface area contributed by atoms with Crippen molar-refractivity contribution in [2.45, 2.75) is 41.5 Å². The monoisotopic (exact) mass is 834 g/mol. The Morgan fingerprint density at radius 1 is 0.312 bits per heavy atom. The molecule has 0 unspecified atom stereocenters. The van der Waals surface area contributed by atoms with Gasteiger partial charge in [0.15, 0.2) is 0 Å². The van der Waals surface area contributed by atoms with Crippen molar-refractivity contribution < 1.29 is 0 Å². The topological polar surface area (TPSA) is 64.5 Å². The fourth-order valence-electron chi connectivity index (χ4n) is 8.49. The van der Waals surface area contributed by atoms with E-state index in [2.05, 4.69) is 212 Å². The fourth-order valence-corrected chi connectivity index (χ4v) is 8.49. The summed E-state index contributed by atoms with van der Waals surface area (Å²) in [5, 5.41) is 0. The summed E-state index contributed by atoms with van der Waals surface area (Å²) < 4.78 is 0. The number of anilines is 12. The van der Waals surface area contributed by atoms with Gasteiger partial charge in [-0.25, -0.2) is 15.0 Å². The molecule has 9 aromatic rings. The van der Waals surface area contributed by atoms with Crippen LogP contribution in [0.4, 0.5) is 68.8 Å². The number of pyridine rings is 4. The van der Waals surface area contributed by atoms with Gasteiger partial charge in [-0.1, -0.05) is 91.0 Å². The lowest BCUT2D eigenvalue weighted by Gasteiger charge is -2.33. The van der Waals surface area contributed by atoms with Crippen molar-refractivity contribution in [1.82, 2.24) is 19.9 Å². The molecule has 64 heavy (non-hydrogen) atoms. The summed E-state index contributed by atoms with van der Waals surface area (Å²) in [6, 6.07) is 58.7. The van der Waals surface area contributed by atoms with Crippen molar-refractivity contribution in [3.8, 4) is 0 Å². The van der Waals surface area contributed by atoms with Crippen molar-refractivity contribution in [2.75, 3.05) is 19.6 Å². The zero-order chi connectivity index (χ0) is 44.2. The van der Waals surface area contributed by atoms with Gasteiger partial charge in [-0.3, -0.25) is 19.7 Å².